The summed E-state index contributed by atoms with van der Waals surface area (Å²) < 4.78 is 0. The third kappa shape index (κ3) is 3.05. The first kappa shape index (κ1) is 13.0. The van der Waals surface area contributed by atoms with Gasteiger partial charge in [0.05, 0.1) is 0 Å². The average molecular weight is 269 g/mol. The summed E-state index contributed by atoms with van der Waals surface area (Å²) >= 11 is 3.70. The highest BCUT2D eigenvalue weighted by Gasteiger charge is 2.31. The fourth-order valence-corrected chi connectivity index (χ4v) is 4.41. The number of rotatable bonds is 3. The summed E-state index contributed by atoms with van der Waals surface area (Å²) in [6.45, 7) is 7.22. The lowest BCUT2D eigenvalue weighted by molar-refractivity contribution is -0.132. The van der Waals surface area contributed by atoms with Crippen molar-refractivity contribution in [1.82, 2.24) is 4.90 Å². The molecule has 0 N–H and O–H groups in total. The third-order valence-electron chi connectivity index (χ3n) is 2.80. The number of hydrogen-bond donors (Lipinski definition) is 0. The molecule has 17 heavy (non-hydrogen) atoms. The van der Waals surface area contributed by atoms with Crippen LogP contribution in [0.3, 0.4) is 0 Å². The van der Waals surface area contributed by atoms with Gasteiger partial charge in [-0.25, -0.2) is 0 Å². The van der Waals surface area contributed by atoms with E-state index in [-0.39, 0.29) is 5.37 Å². The molecule has 1 atom stereocenters. The number of hydrogen-bond acceptors (Lipinski definition) is 3. The summed E-state index contributed by atoms with van der Waals surface area (Å²) in [5.41, 5.74) is 0. The highest BCUT2D eigenvalue weighted by Crippen LogP contribution is 2.41. The smallest absolute Gasteiger partial charge is 0.224 e. The molecular formula is C13H19NOS2. The van der Waals surface area contributed by atoms with Crippen molar-refractivity contribution in [3.8, 4) is 0 Å². The molecule has 1 saturated heterocycles. The van der Waals surface area contributed by atoms with Crippen LogP contribution in [0.25, 0.3) is 0 Å². The van der Waals surface area contributed by atoms with Crippen molar-refractivity contribution < 1.29 is 4.79 Å². The van der Waals surface area contributed by atoms with E-state index in [1.54, 1.807) is 0 Å². The number of nitrogens with zero attached hydrogens (tertiary/aromatic N) is 1. The van der Waals surface area contributed by atoms with E-state index in [4.69, 9.17) is 0 Å². The molecule has 0 spiro atoms. The molecule has 1 aliphatic rings. The molecule has 1 amide bonds. The maximum absolute atomic E-state index is 12.2. The van der Waals surface area contributed by atoms with Gasteiger partial charge in [-0.2, -0.15) is 0 Å². The molecule has 0 saturated carbocycles. The Kier molecular flexibility index (Phi) is 4.15. The van der Waals surface area contributed by atoms with E-state index in [1.165, 1.54) is 9.75 Å². The van der Waals surface area contributed by atoms with E-state index >= 15 is 0 Å². The highest BCUT2D eigenvalue weighted by atomic mass is 32.2. The molecule has 0 aliphatic carbocycles. The Morgan fingerprint density at radius 3 is 2.88 bits per heavy atom. The predicted octanol–water partition coefficient (Wildman–Crippen LogP) is 3.68. The summed E-state index contributed by atoms with van der Waals surface area (Å²) in [7, 11) is 0. The van der Waals surface area contributed by atoms with Gasteiger partial charge in [0.25, 0.3) is 0 Å². The molecule has 2 heterocycles. The Labute approximate surface area is 111 Å². The standard InChI is InChI=1S/C13H19NOS2/c1-9(2)8-12(15)14-6-7-16-13(14)11-5-4-10(3)17-11/h4-5,9,13H,6-8H2,1-3H3/t13-/m1/s1. The first-order valence-electron chi connectivity index (χ1n) is 6.05. The van der Waals surface area contributed by atoms with Crippen LogP contribution in [-0.4, -0.2) is 23.1 Å². The molecular weight excluding hydrogens is 250 g/mol. The van der Waals surface area contributed by atoms with Gasteiger partial charge in [-0.05, 0) is 25.0 Å². The minimum absolute atomic E-state index is 0.264. The second-order valence-corrected chi connectivity index (χ2v) is 7.36. The van der Waals surface area contributed by atoms with Gasteiger partial charge < -0.3 is 4.90 Å². The van der Waals surface area contributed by atoms with Crippen LogP contribution in [-0.2, 0) is 4.79 Å². The quantitative estimate of drug-likeness (QED) is 0.834. The molecule has 94 valence electrons. The SMILES string of the molecule is Cc1ccc([C@H]2SCCN2C(=O)CC(C)C)s1. The Bertz CT molecular complexity index is 400. The summed E-state index contributed by atoms with van der Waals surface area (Å²) in [5, 5.41) is 0.264. The number of carbonyl (C=O) groups excluding carboxylic acids is 1. The Balaban J connectivity index is 2.09. The van der Waals surface area contributed by atoms with E-state index in [0.29, 0.717) is 18.2 Å². The van der Waals surface area contributed by atoms with Crippen molar-refractivity contribution >= 4 is 29.0 Å². The van der Waals surface area contributed by atoms with Gasteiger partial charge in [-0.15, -0.1) is 23.1 Å². The second kappa shape index (κ2) is 5.44. The number of aryl methyl sites for hydroxylation is 1. The van der Waals surface area contributed by atoms with Crippen molar-refractivity contribution in [1.29, 1.82) is 0 Å². The van der Waals surface area contributed by atoms with Gasteiger partial charge in [0.2, 0.25) is 5.91 Å². The second-order valence-electron chi connectivity index (χ2n) is 4.86. The van der Waals surface area contributed by atoms with Gasteiger partial charge in [0.1, 0.15) is 5.37 Å². The predicted molar refractivity (Wildman–Crippen MR) is 75.4 cm³/mol. The zero-order valence-electron chi connectivity index (χ0n) is 10.6. The third-order valence-corrected chi connectivity index (χ3v) is 5.24. The summed E-state index contributed by atoms with van der Waals surface area (Å²) in [6, 6.07) is 4.31. The van der Waals surface area contributed by atoms with E-state index in [2.05, 4.69) is 37.8 Å². The van der Waals surface area contributed by atoms with Crippen LogP contribution in [0.15, 0.2) is 12.1 Å². The van der Waals surface area contributed by atoms with Gasteiger partial charge >= 0.3 is 0 Å². The number of thiophene rings is 1. The number of amides is 1. The van der Waals surface area contributed by atoms with Crippen molar-refractivity contribution in [3.05, 3.63) is 21.9 Å². The Morgan fingerprint density at radius 2 is 2.29 bits per heavy atom. The fraction of sp³-hybridized carbons (Fsp3) is 0.615. The van der Waals surface area contributed by atoms with Crippen molar-refractivity contribution in [2.45, 2.75) is 32.6 Å². The molecule has 1 fully saturated rings. The van der Waals surface area contributed by atoms with Crippen molar-refractivity contribution in [2.75, 3.05) is 12.3 Å². The largest absolute Gasteiger partial charge is 0.325 e. The molecule has 1 aliphatic heterocycles. The van der Waals surface area contributed by atoms with E-state index < -0.39 is 0 Å². The van der Waals surface area contributed by atoms with Gasteiger partial charge in [0.15, 0.2) is 0 Å². The number of thioether (sulfide) groups is 1. The molecule has 4 heteroatoms. The molecule has 0 aromatic carbocycles. The zero-order valence-corrected chi connectivity index (χ0v) is 12.2. The summed E-state index contributed by atoms with van der Waals surface area (Å²) in [5.74, 6) is 1.81. The van der Waals surface area contributed by atoms with Crippen LogP contribution in [0.1, 0.15) is 35.4 Å². The lowest BCUT2D eigenvalue weighted by Gasteiger charge is -2.23. The molecule has 2 nitrogen and oxygen atoms in total. The average Bonchev–Trinajstić information content (AvgIpc) is 2.83. The zero-order chi connectivity index (χ0) is 12.4. The minimum Gasteiger partial charge on any atom is -0.325 e. The normalized spacial score (nSPS) is 20.2. The van der Waals surface area contributed by atoms with Gasteiger partial charge in [-0.1, -0.05) is 13.8 Å². The van der Waals surface area contributed by atoms with Crippen LogP contribution in [0.5, 0.6) is 0 Å². The van der Waals surface area contributed by atoms with Crippen LogP contribution in [0.4, 0.5) is 0 Å². The molecule has 2 rings (SSSR count). The Hall–Kier alpha value is -0.480. The molecule has 0 unspecified atom stereocenters. The summed E-state index contributed by atoms with van der Waals surface area (Å²) in [4.78, 5) is 16.9. The number of carbonyl (C=O) groups is 1. The molecule has 0 radical (unpaired) electrons. The summed E-state index contributed by atoms with van der Waals surface area (Å²) in [6.07, 6.45) is 0.668. The van der Waals surface area contributed by atoms with Crippen LogP contribution in [0, 0.1) is 12.8 Å². The molecule has 1 aromatic heterocycles. The minimum atomic E-state index is 0.264. The van der Waals surface area contributed by atoms with Crippen molar-refractivity contribution in [3.63, 3.8) is 0 Å². The van der Waals surface area contributed by atoms with Gasteiger partial charge in [0, 0.05) is 28.5 Å². The highest BCUT2D eigenvalue weighted by molar-refractivity contribution is 7.99. The van der Waals surface area contributed by atoms with Crippen LogP contribution in [0.2, 0.25) is 0 Å². The van der Waals surface area contributed by atoms with Gasteiger partial charge in [-0.3, -0.25) is 4.79 Å². The lowest BCUT2D eigenvalue weighted by atomic mass is 10.1. The van der Waals surface area contributed by atoms with E-state index in [9.17, 15) is 4.79 Å². The lowest BCUT2D eigenvalue weighted by Crippen LogP contribution is -2.30. The Morgan fingerprint density at radius 1 is 1.53 bits per heavy atom. The van der Waals surface area contributed by atoms with E-state index in [1.807, 2.05) is 23.1 Å². The van der Waals surface area contributed by atoms with Crippen molar-refractivity contribution in [2.24, 2.45) is 5.92 Å². The molecule has 1 aromatic rings. The van der Waals surface area contributed by atoms with Crippen LogP contribution >= 0.6 is 23.1 Å². The monoisotopic (exact) mass is 269 g/mol. The first-order valence-corrected chi connectivity index (χ1v) is 7.92. The molecule has 0 bridgehead atoms. The maximum Gasteiger partial charge on any atom is 0.224 e. The maximum atomic E-state index is 12.2. The van der Waals surface area contributed by atoms with E-state index in [0.717, 1.165) is 12.3 Å². The fourth-order valence-electron chi connectivity index (χ4n) is 2.01. The topological polar surface area (TPSA) is 20.3 Å². The van der Waals surface area contributed by atoms with Crippen LogP contribution < -0.4 is 0 Å². The first-order chi connectivity index (χ1) is 8.08.